The molecule has 0 spiro atoms. The number of nitrogens with one attached hydrogen (secondary N) is 2. The Bertz CT molecular complexity index is 700. The van der Waals surface area contributed by atoms with Gasteiger partial charge in [-0.25, -0.2) is 4.68 Å². The molecule has 0 radical (unpaired) electrons. The average Bonchev–Trinajstić information content (AvgIpc) is 3.03. The summed E-state index contributed by atoms with van der Waals surface area (Å²) >= 11 is 0. The van der Waals surface area contributed by atoms with E-state index in [0.29, 0.717) is 5.92 Å². The third-order valence-electron chi connectivity index (χ3n) is 5.55. The van der Waals surface area contributed by atoms with Gasteiger partial charge in [-0.1, -0.05) is 30.7 Å². The van der Waals surface area contributed by atoms with Crippen molar-refractivity contribution in [3.8, 4) is 0 Å². The van der Waals surface area contributed by atoms with Crippen LogP contribution in [-0.2, 0) is 19.6 Å². The fourth-order valence-corrected chi connectivity index (χ4v) is 4.08. The van der Waals surface area contributed by atoms with E-state index in [9.17, 15) is 0 Å². The predicted molar refractivity (Wildman–Crippen MR) is 106 cm³/mol. The van der Waals surface area contributed by atoms with Crippen LogP contribution in [0.5, 0.6) is 0 Å². The standard InChI is InChI=1S/C21H31N5/c1-17-11-21-23-14-20(16-26(21)24-17)13-22-12-18-5-7-19(8-6-18)15-25-9-3-2-4-10-25/h5-8,11,20,22-23H,2-4,9-10,12-16H2,1H3/t20-/m0/s1. The molecule has 26 heavy (non-hydrogen) atoms. The highest BCUT2D eigenvalue weighted by atomic mass is 15.3. The van der Waals surface area contributed by atoms with E-state index in [2.05, 4.69) is 62.6 Å². The molecule has 2 aromatic rings. The molecule has 1 saturated heterocycles. The lowest BCUT2D eigenvalue weighted by molar-refractivity contribution is 0.221. The maximum Gasteiger partial charge on any atom is 0.124 e. The summed E-state index contributed by atoms with van der Waals surface area (Å²) in [6.45, 7) is 9.64. The second-order valence-corrected chi connectivity index (χ2v) is 7.88. The van der Waals surface area contributed by atoms with Gasteiger partial charge in [0.25, 0.3) is 0 Å². The lowest BCUT2D eigenvalue weighted by Crippen LogP contribution is -2.35. The lowest BCUT2D eigenvalue weighted by atomic mass is 10.1. The van der Waals surface area contributed by atoms with Crippen LogP contribution in [0.2, 0.25) is 0 Å². The summed E-state index contributed by atoms with van der Waals surface area (Å²) in [6, 6.07) is 11.3. The summed E-state index contributed by atoms with van der Waals surface area (Å²) in [7, 11) is 0. The van der Waals surface area contributed by atoms with Crippen LogP contribution in [0.1, 0.15) is 36.1 Å². The van der Waals surface area contributed by atoms with Gasteiger partial charge in [-0.2, -0.15) is 5.10 Å². The van der Waals surface area contributed by atoms with Crippen LogP contribution in [0.3, 0.4) is 0 Å². The highest BCUT2D eigenvalue weighted by Crippen LogP contribution is 2.18. The summed E-state index contributed by atoms with van der Waals surface area (Å²) < 4.78 is 2.10. The topological polar surface area (TPSA) is 45.1 Å². The number of fused-ring (bicyclic) bond motifs is 1. The first-order valence-corrected chi connectivity index (χ1v) is 10.1. The molecule has 140 valence electrons. The number of nitrogens with zero attached hydrogens (tertiary/aromatic N) is 3. The third-order valence-corrected chi connectivity index (χ3v) is 5.55. The number of aromatic nitrogens is 2. The van der Waals surface area contributed by atoms with Crippen molar-refractivity contribution in [2.75, 3.05) is 31.5 Å². The Kier molecular flexibility index (Phi) is 5.56. The van der Waals surface area contributed by atoms with Gasteiger partial charge in [0, 0.05) is 44.7 Å². The average molecular weight is 354 g/mol. The molecule has 3 heterocycles. The van der Waals surface area contributed by atoms with E-state index in [-0.39, 0.29) is 0 Å². The van der Waals surface area contributed by atoms with Crippen molar-refractivity contribution in [2.24, 2.45) is 5.92 Å². The maximum absolute atomic E-state index is 4.55. The van der Waals surface area contributed by atoms with Gasteiger partial charge in [0.05, 0.1) is 5.69 Å². The van der Waals surface area contributed by atoms with Gasteiger partial charge in [-0.3, -0.25) is 4.90 Å². The normalized spacial score (nSPS) is 20.6. The van der Waals surface area contributed by atoms with Crippen LogP contribution < -0.4 is 10.6 Å². The molecule has 0 unspecified atom stereocenters. The lowest BCUT2D eigenvalue weighted by Gasteiger charge is -2.26. The number of aryl methyl sites for hydroxylation is 1. The first-order valence-electron chi connectivity index (χ1n) is 10.1. The van der Waals surface area contributed by atoms with E-state index in [1.807, 2.05) is 0 Å². The van der Waals surface area contributed by atoms with E-state index in [4.69, 9.17) is 0 Å². The molecule has 0 amide bonds. The predicted octanol–water partition coefficient (Wildman–Crippen LogP) is 3.01. The Labute approximate surface area is 156 Å². The van der Waals surface area contributed by atoms with Crippen LogP contribution in [0.15, 0.2) is 30.3 Å². The third kappa shape index (κ3) is 4.46. The van der Waals surface area contributed by atoms with Crippen molar-refractivity contribution in [3.05, 3.63) is 47.2 Å². The number of likely N-dealkylation sites (tertiary alicyclic amines) is 1. The van der Waals surface area contributed by atoms with Crippen molar-refractivity contribution < 1.29 is 0 Å². The molecular formula is C21H31N5. The van der Waals surface area contributed by atoms with Crippen LogP contribution in [-0.4, -0.2) is 40.9 Å². The van der Waals surface area contributed by atoms with Crippen molar-refractivity contribution >= 4 is 5.82 Å². The van der Waals surface area contributed by atoms with Crippen molar-refractivity contribution in [1.82, 2.24) is 20.0 Å². The molecule has 5 nitrogen and oxygen atoms in total. The number of piperidine rings is 1. The van der Waals surface area contributed by atoms with Crippen LogP contribution in [0, 0.1) is 12.8 Å². The number of rotatable bonds is 6. The smallest absolute Gasteiger partial charge is 0.124 e. The summed E-state index contributed by atoms with van der Waals surface area (Å²) in [4.78, 5) is 2.58. The zero-order valence-corrected chi connectivity index (χ0v) is 15.9. The van der Waals surface area contributed by atoms with Crippen molar-refractivity contribution in [1.29, 1.82) is 0 Å². The fourth-order valence-electron chi connectivity index (χ4n) is 4.08. The zero-order valence-electron chi connectivity index (χ0n) is 15.9. The van der Waals surface area contributed by atoms with Gasteiger partial charge in [0.15, 0.2) is 0 Å². The summed E-state index contributed by atoms with van der Waals surface area (Å²) in [5.41, 5.74) is 3.89. The molecule has 4 rings (SSSR count). The number of anilines is 1. The van der Waals surface area contributed by atoms with E-state index in [1.165, 1.54) is 43.5 Å². The minimum absolute atomic E-state index is 0.583. The van der Waals surface area contributed by atoms with Gasteiger partial charge in [0.1, 0.15) is 5.82 Å². The molecule has 2 N–H and O–H groups in total. The molecule has 0 bridgehead atoms. The highest BCUT2D eigenvalue weighted by molar-refractivity contribution is 5.38. The minimum atomic E-state index is 0.583. The molecule has 1 atom stereocenters. The second-order valence-electron chi connectivity index (χ2n) is 7.88. The fraction of sp³-hybridized carbons (Fsp3) is 0.571. The van der Waals surface area contributed by atoms with E-state index in [0.717, 1.165) is 44.2 Å². The molecule has 0 aliphatic carbocycles. The Morgan fingerprint density at radius 2 is 1.88 bits per heavy atom. The van der Waals surface area contributed by atoms with E-state index >= 15 is 0 Å². The van der Waals surface area contributed by atoms with Gasteiger partial charge < -0.3 is 10.6 Å². The SMILES string of the molecule is Cc1cc2n(n1)C[C@@H](CNCc1ccc(CN3CCCCC3)cc1)CN2. The molecule has 1 aromatic heterocycles. The molecule has 0 saturated carbocycles. The molecule has 2 aliphatic heterocycles. The largest absolute Gasteiger partial charge is 0.370 e. The summed E-state index contributed by atoms with van der Waals surface area (Å²) in [5, 5.41) is 11.7. The van der Waals surface area contributed by atoms with Gasteiger partial charge in [-0.15, -0.1) is 0 Å². The summed E-state index contributed by atoms with van der Waals surface area (Å²) in [5.74, 6) is 1.74. The van der Waals surface area contributed by atoms with E-state index in [1.54, 1.807) is 0 Å². The monoisotopic (exact) mass is 353 g/mol. The van der Waals surface area contributed by atoms with Gasteiger partial charge in [-0.05, 0) is 44.0 Å². The molecule has 1 aromatic carbocycles. The van der Waals surface area contributed by atoms with Crippen LogP contribution in [0.4, 0.5) is 5.82 Å². The second kappa shape index (κ2) is 8.23. The Morgan fingerprint density at radius 3 is 2.69 bits per heavy atom. The maximum atomic E-state index is 4.55. The number of hydrogen-bond acceptors (Lipinski definition) is 4. The zero-order chi connectivity index (χ0) is 17.8. The van der Waals surface area contributed by atoms with Gasteiger partial charge in [0.2, 0.25) is 0 Å². The first kappa shape index (κ1) is 17.6. The molecule has 1 fully saturated rings. The molecular weight excluding hydrogens is 322 g/mol. The number of benzene rings is 1. The first-order chi connectivity index (χ1) is 12.8. The van der Waals surface area contributed by atoms with Gasteiger partial charge >= 0.3 is 0 Å². The minimum Gasteiger partial charge on any atom is -0.370 e. The Hall–Kier alpha value is -1.85. The van der Waals surface area contributed by atoms with Crippen LogP contribution >= 0.6 is 0 Å². The van der Waals surface area contributed by atoms with E-state index < -0.39 is 0 Å². The van der Waals surface area contributed by atoms with Crippen LogP contribution in [0.25, 0.3) is 0 Å². The summed E-state index contributed by atoms with van der Waals surface area (Å²) in [6.07, 6.45) is 4.12. The number of hydrogen-bond donors (Lipinski definition) is 2. The quantitative estimate of drug-likeness (QED) is 0.838. The van der Waals surface area contributed by atoms with Crippen molar-refractivity contribution in [2.45, 2.75) is 45.8 Å². The van der Waals surface area contributed by atoms with Crippen molar-refractivity contribution in [3.63, 3.8) is 0 Å². The Morgan fingerprint density at radius 1 is 1.12 bits per heavy atom. The molecule has 5 heteroatoms. The highest BCUT2D eigenvalue weighted by Gasteiger charge is 2.18. The Balaban J connectivity index is 1.21. The molecule has 2 aliphatic rings.